The summed E-state index contributed by atoms with van der Waals surface area (Å²) < 4.78 is 5.50. The lowest BCUT2D eigenvalue weighted by atomic mass is 10.3. The van der Waals surface area contributed by atoms with Gasteiger partial charge in [-0.1, -0.05) is 18.2 Å². The van der Waals surface area contributed by atoms with Crippen molar-refractivity contribution >= 4 is 6.29 Å². The summed E-state index contributed by atoms with van der Waals surface area (Å²) in [6, 6.07) is 9.60. The van der Waals surface area contributed by atoms with E-state index in [1.807, 2.05) is 30.3 Å². The average molecular weight is 162 g/mol. The molecule has 0 radical (unpaired) electrons. The third kappa shape index (κ3) is 1.47. The third-order valence-corrected chi connectivity index (χ3v) is 1.98. The average Bonchev–Trinajstić information content (AvgIpc) is 2.85. The molecule has 0 aromatic heterocycles. The smallest absolute Gasteiger partial charge is 0.126 e. The molecule has 1 saturated carbocycles. The Morgan fingerprint density at radius 3 is 2.67 bits per heavy atom. The van der Waals surface area contributed by atoms with Crippen LogP contribution in [0, 0.1) is 5.92 Å². The summed E-state index contributed by atoms with van der Waals surface area (Å²) in [7, 11) is 0. The van der Waals surface area contributed by atoms with Crippen LogP contribution in [-0.2, 0) is 4.79 Å². The number of hydrogen-bond acceptors (Lipinski definition) is 2. The van der Waals surface area contributed by atoms with Gasteiger partial charge in [-0.25, -0.2) is 0 Å². The fourth-order valence-corrected chi connectivity index (χ4v) is 1.14. The van der Waals surface area contributed by atoms with E-state index in [9.17, 15) is 4.79 Å². The molecule has 12 heavy (non-hydrogen) atoms. The first kappa shape index (κ1) is 7.35. The van der Waals surface area contributed by atoms with E-state index in [2.05, 4.69) is 0 Å². The van der Waals surface area contributed by atoms with Gasteiger partial charge in [0.2, 0.25) is 0 Å². The molecule has 1 aromatic carbocycles. The van der Waals surface area contributed by atoms with Crippen LogP contribution in [0.4, 0.5) is 0 Å². The molecule has 1 aromatic rings. The largest absolute Gasteiger partial charge is 0.490 e. The SMILES string of the molecule is O=CC1CC1Oc1ccccc1. The number of rotatable bonds is 3. The maximum Gasteiger partial charge on any atom is 0.126 e. The summed E-state index contributed by atoms with van der Waals surface area (Å²) in [5.41, 5.74) is 0. The first-order chi connectivity index (χ1) is 5.90. The van der Waals surface area contributed by atoms with Gasteiger partial charge < -0.3 is 9.53 Å². The van der Waals surface area contributed by atoms with Gasteiger partial charge in [-0.15, -0.1) is 0 Å². The van der Waals surface area contributed by atoms with Crippen molar-refractivity contribution in [3.05, 3.63) is 30.3 Å². The molecule has 2 heteroatoms. The second-order valence-corrected chi connectivity index (χ2v) is 3.00. The zero-order valence-corrected chi connectivity index (χ0v) is 6.64. The molecule has 1 aliphatic carbocycles. The Labute approximate surface area is 71.2 Å². The van der Waals surface area contributed by atoms with Crippen LogP contribution in [0.3, 0.4) is 0 Å². The molecule has 0 spiro atoms. The predicted octanol–water partition coefficient (Wildman–Crippen LogP) is 1.65. The first-order valence-electron chi connectivity index (χ1n) is 4.07. The summed E-state index contributed by atoms with van der Waals surface area (Å²) in [6.45, 7) is 0. The molecule has 0 amide bonds. The lowest BCUT2D eigenvalue weighted by Gasteiger charge is -2.02. The minimum atomic E-state index is 0.130. The van der Waals surface area contributed by atoms with Gasteiger partial charge in [0, 0.05) is 0 Å². The van der Waals surface area contributed by atoms with E-state index in [4.69, 9.17) is 4.74 Å². The Balaban J connectivity index is 1.93. The number of hydrogen-bond donors (Lipinski definition) is 0. The zero-order valence-electron chi connectivity index (χ0n) is 6.64. The fourth-order valence-electron chi connectivity index (χ4n) is 1.14. The summed E-state index contributed by atoms with van der Waals surface area (Å²) in [5.74, 6) is 0.983. The van der Waals surface area contributed by atoms with Crippen LogP contribution in [0.1, 0.15) is 6.42 Å². The molecule has 0 saturated heterocycles. The number of aldehydes is 1. The first-order valence-corrected chi connectivity index (χ1v) is 4.07. The topological polar surface area (TPSA) is 26.3 Å². The quantitative estimate of drug-likeness (QED) is 0.632. The molecule has 2 unspecified atom stereocenters. The van der Waals surface area contributed by atoms with Crippen LogP contribution in [-0.4, -0.2) is 12.4 Å². The number of ether oxygens (including phenoxy) is 1. The molecule has 62 valence electrons. The van der Waals surface area contributed by atoms with Crippen molar-refractivity contribution in [2.75, 3.05) is 0 Å². The normalized spacial score (nSPS) is 26.3. The Hall–Kier alpha value is -1.31. The summed E-state index contributed by atoms with van der Waals surface area (Å²) >= 11 is 0. The molecule has 0 N–H and O–H groups in total. The van der Waals surface area contributed by atoms with Crippen molar-refractivity contribution in [2.45, 2.75) is 12.5 Å². The van der Waals surface area contributed by atoms with Gasteiger partial charge in [-0.05, 0) is 18.6 Å². The van der Waals surface area contributed by atoms with Crippen LogP contribution in [0.5, 0.6) is 5.75 Å². The van der Waals surface area contributed by atoms with Gasteiger partial charge >= 0.3 is 0 Å². The summed E-state index contributed by atoms with van der Waals surface area (Å²) in [5, 5.41) is 0. The summed E-state index contributed by atoms with van der Waals surface area (Å²) in [4.78, 5) is 10.3. The standard InChI is InChI=1S/C10H10O2/c11-7-8-6-10(8)12-9-4-2-1-3-5-9/h1-5,7-8,10H,6H2. The minimum Gasteiger partial charge on any atom is -0.490 e. The highest BCUT2D eigenvalue weighted by Crippen LogP contribution is 2.32. The summed E-state index contributed by atoms with van der Waals surface area (Å²) in [6.07, 6.45) is 1.97. The van der Waals surface area contributed by atoms with Gasteiger partial charge in [-0.3, -0.25) is 0 Å². The van der Waals surface area contributed by atoms with E-state index in [0.29, 0.717) is 0 Å². The van der Waals surface area contributed by atoms with Crippen molar-refractivity contribution in [2.24, 2.45) is 5.92 Å². The second-order valence-electron chi connectivity index (χ2n) is 3.00. The third-order valence-electron chi connectivity index (χ3n) is 1.98. The Bertz CT molecular complexity index is 268. The van der Waals surface area contributed by atoms with Gasteiger partial charge in [-0.2, -0.15) is 0 Å². The number of para-hydroxylation sites is 1. The van der Waals surface area contributed by atoms with Crippen molar-refractivity contribution in [1.29, 1.82) is 0 Å². The molecule has 2 rings (SSSR count). The molecular weight excluding hydrogens is 152 g/mol. The molecule has 0 aliphatic heterocycles. The highest BCUT2D eigenvalue weighted by molar-refractivity contribution is 5.59. The van der Waals surface area contributed by atoms with Crippen LogP contribution in [0.15, 0.2) is 30.3 Å². The molecular formula is C10H10O2. The van der Waals surface area contributed by atoms with Crippen molar-refractivity contribution < 1.29 is 9.53 Å². The number of carbonyl (C=O) groups is 1. The van der Waals surface area contributed by atoms with E-state index >= 15 is 0 Å². The Morgan fingerprint density at radius 2 is 2.08 bits per heavy atom. The Kier molecular flexibility index (Phi) is 1.82. The minimum absolute atomic E-state index is 0.130. The lowest BCUT2D eigenvalue weighted by molar-refractivity contribution is -0.109. The molecule has 1 aliphatic rings. The highest BCUT2D eigenvalue weighted by Gasteiger charge is 2.39. The maximum absolute atomic E-state index is 10.3. The van der Waals surface area contributed by atoms with Crippen LogP contribution < -0.4 is 4.74 Å². The predicted molar refractivity (Wildman–Crippen MR) is 45.0 cm³/mol. The van der Waals surface area contributed by atoms with Crippen molar-refractivity contribution in [3.63, 3.8) is 0 Å². The maximum atomic E-state index is 10.3. The van der Waals surface area contributed by atoms with Crippen LogP contribution in [0.25, 0.3) is 0 Å². The van der Waals surface area contributed by atoms with E-state index in [1.54, 1.807) is 0 Å². The zero-order chi connectivity index (χ0) is 8.39. The molecule has 0 heterocycles. The monoisotopic (exact) mass is 162 g/mol. The van der Waals surface area contributed by atoms with Crippen molar-refractivity contribution in [1.82, 2.24) is 0 Å². The van der Waals surface area contributed by atoms with E-state index in [1.165, 1.54) is 0 Å². The van der Waals surface area contributed by atoms with Crippen LogP contribution >= 0.6 is 0 Å². The molecule has 1 fully saturated rings. The van der Waals surface area contributed by atoms with Crippen molar-refractivity contribution in [3.8, 4) is 5.75 Å². The number of benzene rings is 1. The highest BCUT2D eigenvalue weighted by atomic mass is 16.5. The lowest BCUT2D eigenvalue weighted by Crippen LogP contribution is -2.00. The Morgan fingerprint density at radius 1 is 1.33 bits per heavy atom. The fraction of sp³-hybridized carbons (Fsp3) is 0.300. The number of carbonyl (C=O) groups excluding carboxylic acids is 1. The van der Waals surface area contributed by atoms with E-state index < -0.39 is 0 Å². The second kappa shape index (κ2) is 2.97. The van der Waals surface area contributed by atoms with Gasteiger partial charge in [0.25, 0.3) is 0 Å². The molecule has 0 bridgehead atoms. The van der Waals surface area contributed by atoms with Crippen LogP contribution in [0.2, 0.25) is 0 Å². The van der Waals surface area contributed by atoms with E-state index in [-0.39, 0.29) is 12.0 Å². The van der Waals surface area contributed by atoms with Gasteiger partial charge in [0.1, 0.15) is 18.1 Å². The van der Waals surface area contributed by atoms with Gasteiger partial charge in [0.15, 0.2) is 0 Å². The molecule has 2 atom stereocenters. The van der Waals surface area contributed by atoms with Gasteiger partial charge in [0.05, 0.1) is 5.92 Å². The van der Waals surface area contributed by atoms with E-state index in [0.717, 1.165) is 18.5 Å². The molecule has 2 nitrogen and oxygen atoms in total.